The Morgan fingerprint density at radius 2 is 1.86 bits per heavy atom. The average molecular weight is 484 g/mol. The molecule has 1 aliphatic heterocycles. The Balaban J connectivity index is 1.32. The Labute approximate surface area is 210 Å². The Morgan fingerprint density at radius 3 is 2.64 bits per heavy atom. The van der Waals surface area contributed by atoms with Gasteiger partial charge >= 0.3 is 0 Å². The molecule has 1 atom stereocenters. The number of nitrogens with zero attached hydrogens (tertiary/aromatic N) is 4. The van der Waals surface area contributed by atoms with E-state index in [1.54, 1.807) is 22.9 Å². The largest absolute Gasteiger partial charge is 0.497 e. The molecule has 36 heavy (non-hydrogen) atoms. The first kappa shape index (κ1) is 23.4. The number of aromatic nitrogens is 3. The molecular weight excluding hydrogens is 454 g/mol. The first-order chi connectivity index (χ1) is 17.6. The maximum absolute atomic E-state index is 13.7. The van der Waals surface area contributed by atoms with Crippen LogP contribution < -0.4 is 10.1 Å². The van der Waals surface area contributed by atoms with E-state index < -0.39 is 0 Å². The van der Waals surface area contributed by atoms with E-state index in [1.807, 2.05) is 83.7 Å². The second-order valence-corrected chi connectivity index (χ2v) is 8.88. The summed E-state index contributed by atoms with van der Waals surface area (Å²) in [4.78, 5) is 28.4. The van der Waals surface area contributed by atoms with Crippen molar-refractivity contribution in [3.63, 3.8) is 0 Å². The number of ether oxygens (including phenoxy) is 1. The van der Waals surface area contributed by atoms with Crippen molar-refractivity contribution >= 4 is 11.8 Å². The fraction of sp³-hybridized carbons (Fsp3) is 0.250. The number of carbonyl (C=O) groups is 2. The fourth-order valence-corrected chi connectivity index (χ4v) is 4.64. The lowest BCUT2D eigenvalue weighted by Crippen LogP contribution is -2.45. The predicted molar refractivity (Wildman–Crippen MR) is 136 cm³/mol. The van der Waals surface area contributed by atoms with E-state index in [2.05, 4.69) is 10.4 Å². The van der Waals surface area contributed by atoms with Gasteiger partial charge in [0.05, 0.1) is 24.9 Å². The van der Waals surface area contributed by atoms with Crippen molar-refractivity contribution in [3.05, 3.63) is 96.4 Å². The van der Waals surface area contributed by atoms with Crippen molar-refractivity contribution in [2.45, 2.75) is 19.4 Å². The van der Waals surface area contributed by atoms with Crippen LogP contribution in [0.5, 0.6) is 5.75 Å². The van der Waals surface area contributed by atoms with Crippen molar-refractivity contribution in [2.75, 3.05) is 20.2 Å². The summed E-state index contributed by atoms with van der Waals surface area (Å²) in [6.07, 6.45) is 6.95. The molecular formula is C28H29N5O3. The number of likely N-dealkylation sites (tertiary alicyclic amines) is 1. The highest BCUT2D eigenvalue weighted by Gasteiger charge is 2.31. The van der Waals surface area contributed by atoms with Gasteiger partial charge in [-0.25, -0.2) is 4.68 Å². The molecule has 1 aliphatic rings. The minimum absolute atomic E-state index is 0.0408. The Bertz CT molecular complexity index is 1330. The van der Waals surface area contributed by atoms with Crippen LogP contribution in [0.4, 0.5) is 0 Å². The number of rotatable bonds is 7. The Hall–Kier alpha value is -4.33. The maximum atomic E-state index is 13.7. The number of hydrogen-bond donors (Lipinski definition) is 1. The summed E-state index contributed by atoms with van der Waals surface area (Å²) in [5.41, 5.74) is 2.34. The number of amides is 2. The summed E-state index contributed by atoms with van der Waals surface area (Å²) in [5, 5.41) is 7.57. The van der Waals surface area contributed by atoms with Crippen LogP contribution in [0.15, 0.2) is 85.3 Å². The minimum atomic E-state index is -0.257. The molecule has 184 valence electrons. The molecule has 0 unspecified atom stereocenters. The molecule has 0 radical (unpaired) electrons. The van der Waals surface area contributed by atoms with Gasteiger partial charge in [0.1, 0.15) is 11.3 Å². The van der Waals surface area contributed by atoms with Crippen LogP contribution in [-0.4, -0.2) is 51.3 Å². The molecule has 8 heteroatoms. The van der Waals surface area contributed by atoms with E-state index in [0.29, 0.717) is 31.0 Å². The minimum Gasteiger partial charge on any atom is -0.497 e. The molecule has 8 nitrogen and oxygen atoms in total. The summed E-state index contributed by atoms with van der Waals surface area (Å²) in [6, 6.07) is 21.2. The fourth-order valence-electron chi connectivity index (χ4n) is 4.64. The smallest absolute Gasteiger partial charge is 0.259 e. The van der Waals surface area contributed by atoms with E-state index in [1.165, 1.54) is 0 Å². The van der Waals surface area contributed by atoms with Crippen LogP contribution in [0, 0.1) is 5.92 Å². The molecule has 2 amide bonds. The highest BCUT2D eigenvalue weighted by molar-refractivity contribution is 5.97. The van der Waals surface area contributed by atoms with Gasteiger partial charge in [-0.3, -0.25) is 9.59 Å². The number of benzene rings is 2. The molecule has 0 spiro atoms. The molecule has 5 rings (SSSR count). The number of hydrogen-bond acceptors (Lipinski definition) is 4. The van der Waals surface area contributed by atoms with Gasteiger partial charge in [-0.1, -0.05) is 30.3 Å². The predicted octanol–water partition coefficient (Wildman–Crippen LogP) is 3.84. The third-order valence-corrected chi connectivity index (χ3v) is 6.50. The van der Waals surface area contributed by atoms with Crippen molar-refractivity contribution < 1.29 is 14.3 Å². The van der Waals surface area contributed by atoms with Gasteiger partial charge < -0.3 is 19.5 Å². The van der Waals surface area contributed by atoms with E-state index in [4.69, 9.17) is 4.74 Å². The number of carbonyl (C=O) groups excluding carboxylic acids is 2. The van der Waals surface area contributed by atoms with Gasteiger partial charge in [-0.05, 0) is 54.8 Å². The van der Waals surface area contributed by atoms with Crippen molar-refractivity contribution in [1.29, 1.82) is 0 Å². The number of methoxy groups -OCH3 is 1. The van der Waals surface area contributed by atoms with Gasteiger partial charge in [0.15, 0.2) is 5.82 Å². The van der Waals surface area contributed by atoms with Crippen LogP contribution in [-0.2, 0) is 11.3 Å². The lowest BCUT2D eigenvalue weighted by atomic mass is 9.96. The van der Waals surface area contributed by atoms with E-state index in [9.17, 15) is 9.59 Å². The van der Waals surface area contributed by atoms with Crippen LogP contribution in [0.3, 0.4) is 0 Å². The number of piperidine rings is 1. The van der Waals surface area contributed by atoms with Crippen LogP contribution in [0.2, 0.25) is 0 Å². The summed E-state index contributed by atoms with van der Waals surface area (Å²) in [6.45, 7) is 1.41. The third kappa shape index (κ3) is 4.88. The zero-order valence-corrected chi connectivity index (χ0v) is 20.2. The van der Waals surface area contributed by atoms with Crippen LogP contribution in [0.25, 0.3) is 11.5 Å². The topological polar surface area (TPSA) is 81.4 Å². The molecule has 2 aromatic carbocycles. The normalized spacial score (nSPS) is 15.5. The summed E-state index contributed by atoms with van der Waals surface area (Å²) in [7, 11) is 1.62. The monoisotopic (exact) mass is 483 g/mol. The van der Waals surface area contributed by atoms with Crippen LogP contribution in [0.1, 0.15) is 28.8 Å². The van der Waals surface area contributed by atoms with Gasteiger partial charge in [-0.2, -0.15) is 5.10 Å². The molecule has 3 heterocycles. The number of para-hydroxylation sites is 1. The zero-order valence-electron chi connectivity index (χ0n) is 20.2. The standard InChI is InChI=1S/C28H29N5O3/c1-36-24-13-7-9-21(17-24)18-29-26(34)22-10-8-16-32(20-22)28(35)25-19-30-33(23-11-3-2-4-12-23)27(25)31-14-5-6-15-31/h2-7,9,11-15,17,19,22H,8,10,16,18,20H2,1H3,(H,29,34)/t22-/m0/s1. The van der Waals surface area contributed by atoms with Crippen molar-refractivity contribution in [2.24, 2.45) is 5.92 Å². The Morgan fingerprint density at radius 1 is 1.06 bits per heavy atom. The summed E-state index contributed by atoms with van der Waals surface area (Å²) in [5.74, 6) is 1.02. The second kappa shape index (κ2) is 10.5. The zero-order chi connectivity index (χ0) is 24.9. The molecule has 0 bridgehead atoms. The third-order valence-electron chi connectivity index (χ3n) is 6.50. The summed E-state index contributed by atoms with van der Waals surface area (Å²) >= 11 is 0. The number of nitrogens with one attached hydrogen (secondary N) is 1. The average Bonchev–Trinajstić information content (AvgIpc) is 3.62. The molecule has 1 fully saturated rings. The molecule has 1 saturated heterocycles. The lowest BCUT2D eigenvalue weighted by Gasteiger charge is -2.32. The molecule has 2 aromatic heterocycles. The molecule has 4 aromatic rings. The SMILES string of the molecule is COc1cccc(CNC(=O)[C@H]2CCCN(C(=O)c3cnn(-c4ccccc4)c3-n3cccc3)C2)c1. The highest BCUT2D eigenvalue weighted by atomic mass is 16.5. The van der Waals surface area contributed by atoms with E-state index in [0.717, 1.165) is 29.8 Å². The first-order valence-corrected chi connectivity index (χ1v) is 12.1. The highest BCUT2D eigenvalue weighted by Crippen LogP contribution is 2.24. The van der Waals surface area contributed by atoms with E-state index >= 15 is 0 Å². The van der Waals surface area contributed by atoms with Gasteiger partial charge in [0, 0.05) is 32.0 Å². The van der Waals surface area contributed by atoms with Crippen LogP contribution >= 0.6 is 0 Å². The quantitative estimate of drug-likeness (QED) is 0.433. The van der Waals surface area contributed by atoms with Crippen molar-refractivity contribution in [3.8, 4) is 17.3 Å². The van der Waals surface area contributed by atoms with Gasteiger partial charge in [0.2, 0.25) is 5.91 Å². The maximum Gasteiger partial charge on any atom is 0.259 e. The molecule has 0 aliphatic carbocycles. The van der Waals surface area contributed by atoms with Crippen molar-refractivity contribution in [1.82, 2.24) is 24.6 Å². The Kier molecular flexibility index (Phi) is 6.84. The molecule has 0 saturated carbocycles. The lowest BCUT2D eigenvalue weighted by molar-refractivity contribution is -0.126. The summed E-state index contributed by atoms with van der Waals surface area (Å²) < 4.78 is 8.93. The molecule has 1 N–H and O–H groups in total. The van der Waals surface area contributed by atoms with Gasteiger partial charge in [-0.15, -0.1) is 0 Å². The first-order valence-electron chi connectivity index (χ1n) is 12.1. The van der Waals surface area contributed by atoms with E-state index in [-0.39, 0.29) is 17.7 Å². The van der Waals surface area contributed by atoms with Gasteiger partial charge in [0.25, 0.3) is 5.91 Å². The second-order valence-electron chi connectivity index (χ2n) is 8.88.